The Balaban J connectivity index is 1.67. The number of thiazole rings is 1. The molecule has 10 heteroatoms. The standard InChI is InChI=1S/C15H13N7O2S/c1-9-13(21-5-6-25-15(21)17-9)14(23)18-11-4-3-10(7-12(11)24-2)22-8-16-19-20-22/h3-8H,1-2H3,(H,18,23). The van der Waals surface area contributed by atoms with Crippen LogP contribution in [-0.2, 0) is 0 Å². The number of fused-ring (bicyclic) bond motifs is 1. The van der Waals surface area contributed by atoms with E-state index < -0.39 is 0 Å². The summed E-state index contributed by atoms with van der Waals surface area (Å²) in [5, 5.41) is 15.8. The van der Waals surface area contributed by atoms with Gasteiger partial charge in [-0.3, -0.25) is 9.20 Å². The number of nitrogens with one attached hydrogen (secondary N) is 1. The van der Waals surface area contributed by atoms with Crippen LogP contribution >= 0.6 is 11.3 Å². The van der Waals surface area contributed by atoms with Crippen LogP contribution in [0.4, 0.5) is 5.69 Å². The van der Waals surface area contributed by atoms with Crippen molar-refractivity contribution in [3.63, 3.8) is 0 Å². The second-order valence-electron chi connectivity index (χ2n) is 5.19. The summed E-state index contributed by atoms with van der Waals surface area (Å²) < 4.78 is 8.67. The summed E-state index contributed by atoms with van der Waals surface area (Å²) in [7, 11) is 1.54. The van der Waals surface area contributed by atoms with Gasteiger partial charge in [-0.15, -0.1) is 16.4 Å². The lowest BCUT2D eigenvalue weighted by molar-refractivity contribution is 0.102. The third-order valence-electron chi connectivity index (χ3n) is 3.70. The van der Waals surface area contributed by atoms with Crippen LogP contribution in [0.5, 0.6) is 5.75 Å². The number of ether oxygens (including phenoxy) is 1. The van der Waals surface area contributed by atoms with Gasteiger partial charge in [0.15, 0.2) is 4.96 Å². The summed E-state index contributed by atoms with van der Waals surface area (Å²) in [4.78, 5) is 17.9. The van der Waals surface area contributed by atoms with Gasteiger partial charge < -0.3 is 10.1 Å². The molecule has 0 fully saturated rings. The number of carbonyl (C=O) groups is 1. The molecule has 1 aromatic carbocycles. The molecule has 0 aliphatic rings. The van der Waals surface area contributed by atoms with Gasteiger partial charge in [-0.1, -0.05) is 0 Å². The molecule has 0 aliphatic carbocycles. The Labute approximate surface area is 145 Å². The van der Waals surface area contributed by atoms with Crippen LogP contribution in [0.25, 0.3) is 10.6 Å². The Bertz CT molecular complexity index is 1050. The lowest BCUT2D eigenvalue weighted by Gasteiger charge is -2.11. The molecule has 0 aliphatic heterocycles. The quantitative estimate of drug-likeness (QED) is 0.601. The van der Waals surface area contributed by atoms with Crippen molar-refractivity contribution in [3.8, 4) is 11.4 Å². The van der Waals surface area contributed by atoms with Crippen LogP contribution in [0.3, 0.4) is 0 Å². The number of tetrazole rings is 1. The zero-order valence-electron chi connectivity index (χ0n) is 13.4. The second-order valence-corrected chi connectivity index (χ2v) is 6.07. The van der Waals surface area contributed by atoms with E-state index in [1.54, 1.807) is 22.6 Å². The Morgan fingerprint density at radius 2 is 2.24 bits per heavy atom. The van der Waals surface area contributed by atoms with Crippen molar-refractivity contribution in [2.75, 3.05) is 12.4 Å². The summed E-state index contributed by atoms with van der Waals surface area (Å²) >= 11 is 1.48. The normalized spacial score (nSPS) is 11.0. The second kappa shape index (κ2) is 5.98. The van der Waals surface area contributed by atoms with Crippen molar-refractivity contribution in [2.24, 2.45) is 0 Å². The molecule has 0 radical (unpaired) electrons. The van der Waals surface area contributed by atoms with Crippen LogP contribution in [0.15, 0.2) is 36.1 Å². The third-order valence-corrected chi connectivity index (χ3v) is 4.45. The first-order chi connectivity index (χ1) is 12.2. The van der Waals surface area contributed by atoms with Crippen LogP contribution in [0, 0.1) is 6.92 Å². The molecular formula is C15H13N7O2S. The highest BCUT2D eigenvalue weighted by molar-refractivity contribution is 7.15. The van der Waals surface area contributed by atoms with E-state index in [9.17, 15) is 4.79 Å². The van der Waals surface area contributed by atoms with Gasteiger partial charge in [-0.25, -0.2) is 9.67 Å². The Kier molecular flexibility index (Phi) is 3.65. The van der Waals surface area contributed by atoms with Crippen LogP contribution in [-0.4, -0.2) is 42.6 Å². The number of methoxy groups -OCH3 is 1. The number of hydrogen-bond donors (Lipinski definition) is 1. The first kappa shape index (κ1) is 15.3. The number of hydrogen-bond acceptors (Lipinski definition) is 7. The molecule has 0 bridgehead atoms. The number of carbonyl (C=O) groups excluding carboxylic acids is 1. The van der Waals surface area contributed by atoms with Crippen LogP contribution in [0.1, 0.15) is 16.2 Å². The number of anilines is 1. The average molecular weight is 355 g/mol. The predicted octanol–water partition coefficient (Wildman–Crippen LogP) is 1.94. The number of aryl methyl sites for hydroxylation is 1. The fraction of sp³-hybridized carbons (Fsp3) is 0.133. The van der Waals surface area contributed by atoms with Crippen LogP contribution in [0.2, 0.25) is 0 Å². The van der Waals surface area contributed by atoms with Gasteiger partial charge in [0.2, 0.25) is 0 Å². The van der Waals surface area contributed by atoms with E-state index in [0.717, 1.165) is 10.6 Å². The molecule has 0 unspecified atom stereocenters. The lowest BCUT2D eigenvalue weighted by atomic mass is 10.2. The van der Waals surface area contributed by atoms with Crippen LogP contribution < -0.4 is 10.1 Å². The molecule has 1 amide bonds. The average Bonchev–Trinajstić information content (AvgIpc) is 3.32. The number of amides is 1. The van der Waals surface area contributed by atoms with Gasteiger partial charge >= 0.3 is 0 Å². The maximum absolute atomic E-state index is 12.7. The van der Waals surface area contributed by atoms with E-state index in [-0.39, 0.29) is 5.91 Å². The van der Waals surface area contributed by atoms with E-state index in [4.69, 9.17) is 4.74 Å². The predicted molar refractivity (Wildman–Crippen MR) is 91.5 cm³/mol. The smallest absolute Gasteiger partial charge is 0.274 e. The minimum Gasteiger partial charge on any atom is -0.494 e. The summed E-state index contributed by atoms with van der Waals surface area (Å²) in [6.07, 6.45) is 3.31. The monoisotopic (exact) mass is 355 g/mol. The molecule has 9 nitrogen and oxygen atoms in total. The number of nitrogens with zero attached hydrogens (tertiary/aromatic N) is 6. The Morgan fingerprint density at radius 1 is 1.36 bits per heavy atom. The van der Waals surface area contributed by atoms with Crippen molar-refractivity contribution in [1.82, 2.24) is 29.6 Å². The summed E-state index contributed by atoms with van der Waals surface area (Å²) in [6, 6.07) is 5.28. The molecule has 4 rings (SSSR count). The Hall–Kier alpha value is -3.27. The molecular weight excluding hydrogens is 342 g/mol. The maximum Gasteiger partial charge on any atom is 0.274 e. The topological polar surface area (TPSA) is 99.2 Å². The van der Waals surface area contributed by atoms with Crippen molar-refractivity contribution < 1.29 is 9.53 Å². The Morgan fingerprint density at radius 3 is 3.00 bits per heavy atom. The molecule has 4 aromatic rings. The summed E-state index contributed by atoms with van der Waals surface area (Å²) in [5.74, 6) is 0.252. The lowest BCUT2D eigenvalue weighted by Crippen LogP contribution is -2.16. The molecule has 0 atom stereocenters. The van der Waals surface area contributed by atoms with Gasteiger partial charge in [0.1, 0.15) is 17.8 Å². The summed E-state index contributed by atoms with van der Waals surface area (Å²) in [5.41, 5.74) is 2.45. The fourth-order valence-corrected chi connectivity index (χ4v) is 3.31. The highest BCUT2D eigenvalue weighted by Crippen LogP contribution is 2.28. The molecule has 25 heavy (non-hydrogen) atoms. The van der Waals surface area contributed by atoms with Crippen molar-refractivity contribution in [3.05, 3.63) is 47.5 Å². The first-order valence-corrected chi connectivity index (χ1v) is 8.20. The zero-order valence-corrected chi connectivity index (χ0v) is 14.2. The SMILES string of the molecule is COc1cc(-n2cnnn2)ccc1NC(=O)c1c(C)nc2sccn12. The van der Waals surface area contributed by atoms with E-state index in [1.807, 2.05) is 18.5 Å². The maximum atomic E-state index is 12.7. The highest BCUT2D eigenvalue weighted by atomic mass is 32.1. The minimum absolute atomic E-state index is 0.253. The summed E-state index contributed by atoms with van der Waals surface area (Å²) in [6.45, 7) is 1.81. The van der Waals surface area contributed by atoms with Crippen molar-refractivity contribution in [1.29, 1.82) is 0 Å². The third kappa shape index (κ3) is 2.62. The van der Waals surface area contributed by atoms with E-state index in [2.05, 4.69) is 25.8 Å². The number of imidazole rings is 1. The first-order valence-electron chi connectivity index (χ1n) is 7.32. The molecule has 0 saturated carbocycles. The van der Waals surface area contributed by atoms with E-state index in [1.165, 1.54) is 29.5 Å². The van der Waals surface area contributed by atoms with E-state index >= 15 is 0 Å². The van der Waals surface area contributed by atoms with Gasteiger partial charge in [0.25, 0.3) is 5.91 Å². The molecule has 126 valence electrons. The van der Waals surface area contributed by atoms with Crippen molar-refractivity contribution in [2.45, 2.75) is 6.92 Å². The molecule has 1 N–H and O–H groups in total. The van der Waals surface area contributed by atoms with E-state index in [0.29, 0.717) is 22.8 Å². The van der Waals surface area contributed by atoms with Gasteiger partial charge in [0, 0.05) is 17.6 Å². The van der Waals surface area contributed by atoms with Crippen molar-refractivity contribution >= 4 is 27.9 Å². The minimum atomic E-state index is -0.253. The molecule has 3 aromatic heterocycles. The van der Waals surface area contributed by atoms with Gasteiger partial charge in [-0.05, 0) is 29.5 Å². The fourth-order valence-electron chi connectivity index (χ4n) is 2.55. The van der Waals surface area contributed by atoms with Gasteiger partial charge in [-0.2, -0.15) is 0 Å². The highest BCUT2D eigenvalue weighted by Gasteiger charge is 2.19. The molecule has 3 heterocycles. The number of benzene rings is 1. The number of rotatable bonds is 4. The zero-order chi connectivity index (χ0) is 17.4. The largest absolute Gasteiger partial charge is 0.494 e. The molecule has 0 saturated heterocycles. The number of aromatic nitrogens is 6. The van der Waals surface area contributed by atoms with Gasteiger partial charge in [0.05, 0.1) is 24.2 Å². The molecule has 0 spiro atoms.